The topological polar surface area (TPSA) is 87.3 Å². The van der Waals surface area contributed by atoms with Crippen molar-refractivity contribution in [2.24, 2.45) is 11.5 Å². The number of anilines is 1. The van der Waals surface area contributed by atoms with Crippen molar-refractivity contribution in [3.8, 4) is 5.75 Å². The summed E-state index contributed by atoms with van der Waals surface area (Å²) >= 11 is 0. The minimum Gasteiger partial charge on any atom is -0.467 e. The third kappa shape index (κ3) is 2.17. The Balaban J connectivity index is 2.17. The van der Waals surface area contributed by atoms with Crippen LogP contribution in [0.1, 0.15) is 6.42 Å². The van der Waals surface area contributed by atoms with Crippen LogP contribution in [0.25, 0.3) is 0 Å². The average Bonchev–Trinajstić information content (AvgIpc) is 2.27. The van der Waals surface area contributed by atoms with Gasteiger partial charge in [-0.3, -0.25) is 5.73 Å². The summed E-state index contributed by atoms with van der Waals surface area (Å²) in [5.74, 6) is 0.587. The minimum absolute atomic E-state index is 0.531. The number of rotatable bonds is 2. The van der Waals surface area contributed by atoms with Gasteiger partial charge in [0.1, 0.15) is 5.75 Å². The number of hydrogen-bond donors (Lipinski definition) is 3. The zero-order valence-electron chi connectivity index (χ0n) is 8.89. The fourth-order valence-electron chi connectivity index (χ4n) is 1.50. The lowest BCUT2D eigenvalue weighted by atomic mass is 10.0. The highest BCUT2D eigenvalue weighted by atomic mass is 16.5. The highest BCUT2D eigenvalue weighted by Gasteiger charge is 2.25. The van der Waals surface area contributed by atoms with Crippen LogP contribution in [0.15, 0.2) is 48.2 Å². The Morgan fingerprint density at radius 3 is 2.56 bits per heavy atom. The van der Waals surface area contributed by atoms with Crippen molar-refractivity contribution in [2.75, 3.05) is 5.73 Å². The van der Waals surface area contributed by atoms with E-state index in [1.165, 1.54) is 0 Å². The summed E-state index contributed by atoms with van der Waals surface area (Å²) in [6.07, 6.45) is 5.85. The van der Waals surface area contributed by atoms with Gasteiger partial charge in [-0.05, 0) is 24.3 Å². The van der Waals surface area contributed by atoms with Crippen LogP contribution in [0.2, 0.25) is 0 Å². The lowest BCUT2D eigenvalue weighted by Crippen LogP contribution is -2.44. The molecule has 16 heavy (non-hydrogen) atoms. The van der Waals surface area contributed by atoms with Crippen molar-refractivity contribution in [1.29, 1.82) is 0 Å². The summed E-state index contributed by atoms with van der Waals surface area (Å²) in [7, 11) is 0. The molecular weight excluding hydrogens is 202 g/mol. The number of nitrogens with two attached hydrogens (primary N) is 3. The Hall–Kier alpha value is -1.94. The molecule has 0 aromatic heterocycles. The van der Waals surface area contributed by atoms with Crippen LogP contribution in [0, 0.1) is 0 Å². The van der Waals surface area contributed by atoms with Crippen molar-refractivity contribution in [3.63, 3.8) is 0 Å². The normalized spacial score (nSPS) is 23.9. The van der Waals surface area contributed by atoms with Gasteiger partial charge in [0.05, 0.1) is 5.69 Å². The van der Waals surface area contributed by atoms with E-state index >= 15 is 0 Å². The van der Waals surface area contributed by atoms with Gasteiger partial charge in [-0.1, -0.05) is 18.2 Å². The van der Waals surface area contributed by atoms with E-state index < -0.39 is 5.72 Å². The Morgan fingerprint density at radius 2 is 1.94 bits per heavy atom. The number of para-hydroxylation sites is 2. The zero-order valence-corrected chi connectivity index (χ0v) is 8.89. The average molecular weight is 217 g/mol. The van der Waals surface area contributed by atoms with Crippen LogP contribution in [-0.4, -0.2) is 5.72 Å². The second-order valence-electron chi connectivity index (χ2n) is 3.84. The third-order valence-corrected chi connectivity index (χ3v) is 2.43. The van der Waals surface area contributed by atoms with Gasteiger partial charge in [0.15, 0.2) is 5.72 Å². The standard InChI is InChI=1S/C12H15N3O/c13-9-5-7-12(15,8-6-9)16-11-4-2-1-3-10(11)14/h1-7H,8,13-15H2. The van der Waals surface area contributed by atoms with Gasteiger partial charge in [-0.2, -0.15) is 0 Å². The molecule has 1 aromatic rings. The lowest BCUT2D eigenvalue weighted by molar-refractivity contribution is 0.130. The van der Waals surface area contributed by atoms with E-state index in [-0.39, 0.29) is 0 Å². The molecule has 0 heterocycles. The van der Waals surface area contributed by atoms with E-state index in [0.717, 1.165) is 0 Å². The smallest absolute Gasteiger partial charge is 0.181 e. The first-order valence-electron chi connectivity index (χ1n) is 5.06. The van der Waals surface area contributed by atoms with Gasteiger partial charge in [0, 0.05) is 12.1 Å². The van der Waals surface area contributed by atoms with Gasteiger partial charge in [0.2, 0.25) is 0 Å². The molecule has 0 aliphatic heterocycles. The molecular formula is C12H15N3O. The Bertz CT molecular complexity index is 453. The Labute approximate surface area is 94.4 Å². The largest absolute Gasteiger partial charge is 0.467 e. The Kier molecular flexibility index (Phi) is 2.58. The maximum absolute atomic E-state index is 6.06. The Morgan fingerprint density at radius 1 is 1.19 bits per heavy atom. The molecule has 0 spiro atoms. The first-order chi connectivity index (χ1) is 7.59. The second-order valence-corrected chi connectivity index (χ2v) is 3.84. The molecule has 4 heteroatoms. The molecule has 0 bridgehead atoms. The molecule has 0 saturated heterocycles. The maximum Gasteiger partial charge on any atom is 0.181 e. The molecule has 1 aliphatic rings. The van der Waals surface area contributed by atoms with Crippen molar-refractivity contribution in [2.45, 2.75) is 12.1 Å². The van der Waals surface area contributed by atoms with Crippen LogP contribution in [0.4, 0.5) is 5.69 Å². The molecule has 2 rings (SSSR count). The van der Waals surface area contributed by atoms with Crippen molar-refractivity contribution >= 4 is 5.69 Å². The highest BCUT2D eigenvalue weighted by molar-refractivity contribution is 5.52. The third-order valence-electron chi connectivity index (χ3n) is 2.43. The van der Waals surface area contributed by atoms with E-state index in [0.29, 0.717) is 23.6 Å². The second kappa shape index (κ2) is 3.90. The van der Waals surface area contributed by atoms with E-state index in [4.69, 9.17) is 21.9 Å². The van der Waals surface area contributed by atoms with E-state index in [9.17, 15) is 0 Å². The fraction of sp³-hybridized carbons (Fsp3) is 0.167. The molecule has 4 nitrogen and oxygen atoms in total. The lowest BCUT2D eigenvalue weighted by Gasteiger charge is -2.28. The van der Waals surface area contributed by atoms with Gasteiger partial charge < -0.3 is 16.2 Å². The number of allylic oxidation sites excluding steroid dienone is 1. The molecule has 84 valence electrons. The van der Waals surface area contributed by atoms with Gasteiger partial charge in [-0.15, -0.1) is 0 Å². The SMILES string of the molecule is NC1=CCC(N)(Oc2ccccc2N)C=C1. The molecule has 1 atom stereocenters. The molecule has 6 N–H and O–H groups in total. The van der Waals surface area contributed by atoms with Crippen molar-refractivity contribution < 1.29 is 4.74 Å². The quantitative estimate of drug-likeness (QED) is 0.511. The summed E-state index contributed by atoms with van der Waals surface area (Å²) in [6.45, 7) is 0. The number of ether oxygens (including phenoxy) is 1. The summed E-state index contributed by atoms with van der Waals surface area (Å²) in [5.41, 5.74) is 17.9. The molecule has 0 amide bonds. The van der Waals surface area contributed by atoms with Gasteiger partial charge in [-0.25, -0.2) is 0 Å². The van der Waals surface area contributed by atoms with E-state index in [2.05, 4.69) is 0 Å². The molecule has 0 fully saturated rings. The predicted octanol–water partition coefficient (Wildman–Crippen LogP) is 1.11. The number of nitrogen functional groups attached to an aromatic ring is 1. The first kappa shape index (κ1) is 10.6. The maximum atomic E-state index is 6.06. The molecule has 1 aromatic carbocycles. The minimum atomic E-state index is -0.863. The monoisotopic (exact) mass is 217 g/mol. The summed E-state index contributed by atoms with van der Waals surface area (Å²) < 4.78 is 5.69. The van der Waals surface area contributed by atoms with Crippen LogP contribution in [0.3, 0.4) is 0 Å². The van der Waals surface area contributed by atoms with Gasteiger partial charge in [0.25, 0.3) is 0 Å². The van der Waals surface area contributed by atoms with E-state index in [1.54, 1.807) is 24.3 Å². The van der Waals surface area contributed by atoms with Crippen LogP contribution >= 0.6 is 0 Å². The van der Waals surface area contributed by atoms with Gasteiger partial charge >= 0.3 is 0 Å². The number of hydrogen-bond acceptors (Lipinski definition) is 4. The first-order valence-corrected chi connectivity index (χ1v) is 5.06. The number of benzene rings is 1. The molecule has 0 radical (unpaired) electrons. The molecule has 1 unspecified atom stereocenters. The van der Waals surface area contributed by atoms with Crippen molar-refractivity contribution in [3.05, 3.63) is 48.2 Å². The fourth-order valence-corrected chi connectivity index (χ4v) is 1.50. The van der Waals surface area contributed by atoms with Crippen LogP contribution in [-0.2, 0) is 0 Å². The predicted molar refractivity (Wildman–Crippen MR) is 64.4 cm³/mol. The highest BCUT2D eigenvalue weighted by Crippen LogP contribution is 2.27. The molecule has 1 aliphatic carbocycles. The van der Waals surface area contributed by atoms with Crippen LogP contribution < -0.4 is 21.9 Å². The summed E-state index contributed by atoms with van der Waals surface area (Å²) in [6, 6.07) is 7.26. The van der Waals surface area contributed by atoms with Crippen LogP contribution in [0.5, 0.6) is 5.75 Å². The van der Waals surface area contributed by atoms with E-state index in [1.807, 2.05) is 18.2 Å². The summed E-state index contributed by atoms with van der Waals surface area (Å²) in [4.78, 5) is 0. The molecule has 0 saturated carbocycles. The summed E-state index contributed by atoms with van der Waals surface area (Å²) in [5, 5.41) is 0. The van der Waals surface area contributed by atoms with Crippen molar-refractivity contribution in [1.82, 2.24) is 0 Å². The zero-order chi connectivity index (χ0) is 11.6.